The molecule has 0 saturated heterocycles. The highest BCUT2D eigenvalue weighted by atomic mass is 32.2. The van der Waals surface area contributed by atoms with Gasteiger partial charge in [-0.05, 0) is 49.4 Å². The summed E-state index contributed by atoms with van der Waals surface area (Å²) in [5, 5.41) is 0. The lowest BCUT2D eigenvalue weighted by Crippen LogP contribution is -2.40. The third-order valence-corrected chi connectivity index (χ3v) is 5.52. The molecule has 0 radical (unpaired) electrons. The zero-order valence-corrected chi connectivity index (χ0v) is 14.8. The maximum Gasteiger partial charge on any atom is 0.316 e. The first kappa shape index (κ1) is 18.7. The van der Waals surface area contributed by atoms with Crippen molar-refractivity contribution in [3.8, 4) is 6.01 Å². The van der Waals surface area contributed by atoms with Crippen LogP contribution in [-0.4, -0.2) is 30.5 Å². The van der Waals surface area contributed by atoms with Crippen LogP contribution in [0.25, 0.3) is 0 Å². The fourth-order valence-corrected chi connectivity index (χ4v) is 4.44. The van der Waals surface area contributed by atoms with Gasteiger partial charge in [0.25, 0.3) is 0 Å². The zero-order valence-electron chi connectivity index (χ0n) is 13.9. The number of sulfonamides is 1. The van der Waals surface area contributed by atoms with Crippen LogP contribution in [0.3, 0.4) is 0 Å². The van der Waals surface area contributed by atoms with E-state index >= 15 is 0 Å². The van der Waals surface area contributed by atoms with E-state index in [1.807, 2.05) is 0 Å². The van der Waals surface area contributed by atoms with Crippen LogP contribution in [-0.2, 0) is 15.8 Å². The van der Waals surface area contributed by atoms with E-state index in [-0.39, 0.29) is 17.7 Å². The number of ether oxygens (including phenoxy) is 1. The molecule has 9 heteroatoms. The van der Waals surface area contributed by atoms with Gasteiger partial charge >= 0.3 is 6.01 Å². The lowest BCUT2D eigenvalue weighted by Gasteiger charge is -2.28. The van der Waals surface area contributed by atoms with Crippen LogP contribution in [0.15, 0.2) is 36.7 Å². The van der Waals surface area contributed by atoms with Crippen LogP contribution < -0.4 is 9.46 Å². The van der Waals surface area contributed by atoms with E-state index in [0.717, 1.165) is 12.1 Å². The van der Waals surface area contributed by atoms with Gasteiger partial charge in [0, 0.05) is 24.5 Å². The Kier molecular flexibility index (Phi) is 5.77. The summed E-state index contributed by atoms with van der Waals surface area (Å²) in [5.74, 6) is -2.05. The van der Waals surface area contributed by atoms with Crippen molar-refractivity contribution in [3.05, 3.63) is 53.9 Å². The molecule has 1 saturated carbocycles. The molecule has 1 aromatic heterocycles. The Morgan fingerprint density at radius 2 is 1.65 bits per heavy atom. The van der Waals surface area contributed by atoms with Gasteiger partial charge in [0.15, 0.2) is 0 Å². The van der Waals surface area contributed by atoms with Gasteiger partial charge in [0.2, 0.25) is 10.0 Å². The first-order valence-electron chi connectivity index (χ1n) is 8.28. The van der Waals surface area contributed by atoms with Crippen LogP contribution >= 0.6 is 0 Å². The van der Waals surface area contributed by atoms with E-state index in [1.165, 1.54) is 0 Å². The zero-order chi connectivity index (χ0) is 18.6. The van der Waals surface area contributed by atoms with E-state index < -0.39 is 27.4 Å². The number of rotatable bonds is 6. The minimum atomic E-state index is -3.69. The fourth-order valence-electron chi connectivity index (χ4n) is 3.00. The smallest absolute Gasteiger partial charge is 0.316 e. The van der Waals surface area contributed by atoms with Gasteiger partial charge in [0.05, 0.1) is 5.75 Å². The maximum atomic E-state index is 13.2. The molecule has 1 N–H and O–H groups in total. The first-order chi connectivity index (χ1) is 12.4. The Morgan fingerprint density at radius 3 is 2.27 bits per heavy atom. The molecule has 0 amide bonds. The summed E-state index contributed by atoms with van der Waals surface area (Å²) in [7, 11) is -3.69. The first-order valence-corrected chi connectivity index (χ1v) is 9.93. The third kappa shape index (κ3) is 5.43. The number of benzene rings is 1. The summed E-state index contributed by atoms with van der Waals surface area (Å²) < 4.78 is 59.2. The monoisotopic (exact) mass is 383 g/mol. The molecule has 0 atom stereocenters. The molecular weight excluding hydrogens is 364 g/mol. The molecule has 0 bridgehead atoms. The van der Waals surface area contributed by atoms with Crippen molar-refractivity contribution in [3.63, 3.8) is 0 Å². The van der Waals surface area contributed by atoms with Gasteiger partial charge < -0.3 is 4.74 Å². The Bertz CT molecular complexity index is 821. The molecular formula is C17H19F2N3O3S. The van der Waals surface area contributed by atoms with Crippen molar-refractivity contribution < 1.29 is 21.9 Å². The molecule has 140 valence electrons. The van der Waals surface area contributed by atoms with E-state index in [2.05, 4.69) is 14.7 Å². The summed E-state index contributed by atoms with van der Waals surface area (Å²) in [6, 6.07) is 4.53. The lowest BCUT2D eigenvalue weighted by molar-refractivity contribution is 0.132. The second-order valence-electron chi connectivity index (χ2n) is 6.28. The highest BCUT2D eigenvalue weighted by molar-refractivity contribution is 7.88. The molecule has 26 heavy (non-hydrogen) atoms. The number of aromatic nitrogens is 2. The maximum absolute atomic E-state index is 13.2. The summed E-state index contributed by atoms with van der Waals surface area (Å²) in [6.07, 6.45) is 5.67. The largest absolute Gasteiger partial charge is 0.460 e. The Hall–Kier alpha value is -2.13. The van der Waals surface area contributed by atoms with Crippen molar-refractivity contribution in [2.45, 2.75) is 43.6 Å². The topological polar surface area (TPSA) is 81.2 Å². The predicted molar refractivity (Wildman–Crippen MR) is 90.8 cm³/mol. The van der Waals surface area contributed by atoms with E-state index in [0.29, 0.717) is 37.8 Å². The van der Waals surface area contributed by atoms with Gasteiger partial charge in [-0.15, -0.1) is 0 Å². The molecule has 2 aromatic rings. The number of nitrogens with zero attached hydrogens (tertiary/aromatic N) is 2. The van der Waals surface area contributed by atoms with Crippen LogP contribution in [0, 0.1) is 11.6 Å². The molecule has 0 spiro atoms. The summed E-state index contributed by atoms with van der Waals surface area (Å²) in [4.78, 5) is 8.01. The fraction of sp³-hybridized carbons (Fsp3) is 0.412. The third-order valence-electron chi connectivity index (χ3n) is 4.11. The lowest BCUT2D eigenvalue weighted by atomic mass is 9.94. The van der Waals surface area contributed by atoms with E-state index in [9.17, 15) is 17.2 Å². The predicted octanol–water partition coefficient (Wildman–Crippen LogP) is 2.56. The van der Waals surface area contributed by atoms with Crippen LogP contribution in [0.1, 0.15) is 31.2 Å². The molecule has 0 aliphatic heterocycles. The van der Waals surface area contributed by atoms with Crippen molar-refractivity contribution in [1.29, 1.82) is 0 Å². The molecule has 0 unspecified atom stereocenters. The molecule has 1 heterocycles. The van der Waals surface area contributed by atoms with Crippen LogP contribution in [0.4, 0.5) is 8.78 Å². The van der Waals surface area contributed by atoms with E-state index in [4.69, 9.17) is 4.74 Å². The average molecular weight is 383 g/mol. The minimum Gasteiger partial charge on any atom is -0.460 e. The van der Waals surface area contributed by atoms with Gasteiger partial charge in [-0.25, -0.2) is 31.9 Å². The highest BCUT2D eigenvalue weighted by Crippen LogP contribution is 2.23. The molecule has 1 aliphatic rings. The number of nitrogens with one attached hydrogen (secondary N) is 1. The summed E-state index contributed by atoms with van der Waals surface area (Å²) >= 11 is 0. The van der Waals surface area contributed by atoms with Crippen molar-refractivity contribution in [2.24, 2.45) is 0 Å². The van der Waals surface area contributed by atoms with E-state index in [1.54, 1.807) is 18.5 Å². The molecule has 1 aliphatic carbocycles. The van der Waals surface area contributed by atoms with Crippen molar-refractivity contribution in [1.82, 2.24) is 14.7 Å². The van der Waals surface area contributed by atoms with Gasteiger partial charge in [-0.3, -0.25) is 0 Å². The van der Waals surface area contributed by atoms with Gasteiger partial charge in [0.1, 0.15) is 17.7 Å². The Morgan fingerprint density at radius 1 is 1.04 bits per heavy atom. The van der Waals surface area contributed by atoms with Crippen molar-refractivity contribution in [2.75, 3.05) is 0 Å². The molecule has 3 rings (SSSR count). The summed E-state index contributed by atoms with van der Waals surface area (Å²) in [5.41, 5.74) is 0.0771. The molecule has 1 fully saturated rings. The minimum absolute atomic E-state index is 0.0598. The quantitative estimate of drug-likeness (QED) is 0.829. The Labute approximate surface area is 150 Å². The van der Waals surface area contributed by atoms with Crippen LogP contribution in [0.2, 0.25) is 0 Å². The normalized spacial score (nSPS) is 20.7. The van der Waals surface area contributed by atoms with Gasteiger partial charge in [-0.1, -0.05) is 0 Å². The Balaban J connectivity index is 1.51. The number of hydrogen-bond donors (Lipinski definition) is 1. The second-order valence-corrected chi connectivity index (χ2v) is 8.03. The highest BCUT2D eigenvalue weighted by Gasteiger charge is 2.26. The van der Waals surface area contributed by atoms with Crippen LogP contribution in [0.5, 0.6) is 6.01 Å². The van der Waals surface area contributed by atoms with Crippen molar-refractivity contribution >= 4 is 10.0 Å². The van der Waals surface area contributed by atoms with Gasteiger partial charge in [-0.2, -0.15) is 0 Å². The second kappa shape index (κ2) is 8.05. The molecule has 1 aromatic carbocycles. The number of halogens is 2. The average Bonchev–Trinajstić information content (AvgIpc) is 2.56. The number of hydrogen-bond acceptors (Lipinski definition) is 5. The summed E-state index contributed by atoms with van der Waals surface area (Å²) in [6.45, 7) is 0. The standard InChI is InChI=1S/C17H19F2N3O3S/c18-13-8-12(9-14(19)10-13)11-26(23,24)22-15-2-4-16(5-3-15)25-17-20-6-1-7-21-17/h1,6-10,15-16,22H,2-5,11H2. The SMILES string of the molecule is O=S(=O)(Cc1cc(F)cc(F)c1)NC1CCC(Oc2ncccn2)CC1. The molecule has 6 nitrogen and oxygen atoms in total.